The maximum absolute atomic E-state index is 11.3. The second-order valence-corrected chi connectivity index (χ2v) is 5.07. The molecule has 1 aromatic carbocycles. The van der Waals surface area contributed by atoms with Crippen molar-refractivity contribution < 1.29 is 24.3 Å². The first kappa shape index (κ1) is 12.9. The smallest absolute Gasteiger partial charge is 0.512 e. The molecule has 0 aliphatic carbocycles. The maximum Gasteiger partial charge on any atom is 0.512 e. The second kappa shape index (κ2) is 4.28. The predicted molar refractivity (Wildman–Crippen MR) is 72.0 cm³/mol. The van der Waals surface area contributed by atoms with Crippen molar-refractivity contribution in [1.82, 2.24) is 0 Å². The molecule has 0 unspecified atom stereocenters. The summed E-state index contributed by atoms with van der Waals surface area (Å²) in [7, 11) is 4.10. The van der Waals surface area contributed by atoms with Gasteiger partial charge in [-0.3, -0.25) is 0 Å². The fourth-order valence-corrected chi connectivity index (χ4v) is 2.10. The lowest BCUT2D eigenvalue weighted by Crippen LogP contribution is -2.44. The maximum atomic E-state index is 11.3. The van der Waals surface area contributed by atoms with Gasteiger partial charge < -0.3 is 19.5 Å². The van der Waals surface area contributed by atoms with Crippen molar-refractivity contribution in [2.75, 3.05) is 7.11 Å². The van der Waals surface area contributed by atoms with Crippen LogP contribution in [0.25, 0.3) is 0 Å². The Morgan fingerprint density at radius 3 is 2.78 bits per heavy atom. The Balaban J connectivity index is 2.59. The number of rotatable bonds is 2. The van der Waals surface area contributed by atoms with Crippen LogP contribution in [0.5, 0.6) is 11.5 Å². The molecule has 0 atom stereocenters. The van der Waals surface area contributed by atoms with Gasteiger partial charge in [-0.1, -0.05) is 6.07 Å². The molecule has 5 nitrogen and oxygen atoms in total. The van der Waals surface area contributed by atoms with Gasteiger partial charge in [0.2, 0.25) is 0 Å². The first-order valence-electron chi connectivity index (χ1n) is 5.64. The van der Waals surface area contributed by atoms with E-state index in [1.165, 1.54) is 7.11 Å². The Labute approximate surface area is 107 Å². The summed E-state index contributed by atoms with van der Waals surface area (Å²) in [6, 6.07) is 3.38. The quantitative estimate of drug-likeness (QED) is 0.636. The molecule has 0 radical (unpaired) electrons. The average molecular weight is 246 g/mol. The van der Waals surface area contributed by atoms with Gasteiger partial charge in [-0.15, -0.1) is 0 Å². The van der Waals surface area contributed by atoms with Crippen LogP contribution >= 0.6 is 0 Å². The van der Waals surface area contributed by atoms with Crippen molar-refractivity contribution in [3.63, 3.8) is 0 Å². The van der Waals surface area contributed by atoms with Crippen LogP contribution in [0.4, 0.5) is 0 Å². The second-order valence-electron chi connectivity index (χ2n) is 5.07. The highest BCUT2D eigenvalue weighted by Gasteiger charge is 2.43. The molecule has 18 heavy (non-hydrogen) atoms. The number of hydrogen-bond acceptors (Lipinski definition) is 4. The minimum Gasteiger partial charge on any atom is -0.536 e. The van der Waals surface area contributed by atoms with E-state index in [0.29, 0.717) is 6.42 Å². The largest absolute Gasteiger partial charge is 0.536 e. The fraction of sp³-hybridized carbons (Fsp3) is 0.300. The van der Waals surface area contributed by atoms with Crippen molar-refractivity contribution in [1.29, 1.82) is 0 Å². The average Bonchev–Trinajstić information content (AvgIpc) is 2.28. The molecule has 0 fully saturated rings. The van der Waals surface area contributed by atoms with Crippen molar-refractivity contribution in [2.45, 2.75) is 11.5 Å². The third-order valence-electron chi connectivity index (χ3n) is 3.18. The first-order valence-corrected chi connectivity index (χ1v) is 5.64. The van der Waals surface area contributed by atoms with Crippen LogP contribution in [0.2, 0.25) is 5.11 Å². The number of ether oxygens (including phenoxy) is 1. The first-order chi connectivity index (χ1) is 8.36. The van der Waals surface area contributed by atoms with E-state index in [2.05, 4.69) is 0 Å². The van der Waals surface area contributed by atoms with E-state index < -0.39 is 18.2 Å². The minimum absolute atomic E-state index is 0.0375. The number of carbonyl (C=O) groups is 1. The topological polar surface area (TPSA) is 76.0 Å². The fourth-order valence-electron chi connectivity index (χ4n) is 2.10. The summed E-state index contributed by atoms with van der Waals surface area (Å²) in [5.41, 5.74) is 0.730. The minimum atomic E-state index is -1.13. The Morgan fingerprint density at radius 1 is 1.56 bits per heavy atom. The molecular formula is C10H13B3O5. The molecule has 92 valence electrons. The van der Waals surface area contributed by atoms with Crippen molar-refractivity contribution in [2.24, 2.45) is 0 Å². The molecule has 1 aliphatic rings. The molecule has 0 saturated carbocycles. The molecule has 1 aromatic rings. The molecule has 0 saturated heterocycles. The van der Waals surface area contributed by atoms with E-state index in [0.717, 1.165) is 5.56 Å². The van der Waals surface area contributed by atoms with E-state index in [9.17, 15) is 14.9 Å². The van der Waals surface area contributed by atoms with E-state index in [1.54, 1.807) is 12.1 Å². The molecule has 2 N–H and O–H groups in total. The van der Waals surface area contributed by atoms with Gasteiger partial charge in [-0.2, -0.15) is 0 Å². The lowest BCUT2D eigenvalue weighted by Gasteiger charge is -2.34. The van der Waals surface area contributed by atoms with Crippen molar-refractivity contribution in [3.05, 3.63) is 23.3 Å². The van der Waals surface area contributed by atoms with E-state index in [-0.39, 0.29) is 17.1 Å². The van der Waals surface area contributed by atoms with Gasteiger partial charge in [0.05, 0.1) is 22.8 Å². The van der Waals surface area contributed by atoms with Gasteiger partial charge in [0.25, 0.3) is 0 Å². The van der Waals surface area contributed by atoms with E-state index in [4.69, 9.17) is 9.39 Å². The number of carboxylic acid groups (broad SMARTS) is 1. The van der Waals surface area contributed by atoms with Gasteiger partial charge >= 0.3 is 13.1 Å². The number of carboxylic acids is 1. The number of benzene rings is 1. The van der Waals surface area contributed by atoms with E-state index >= 15 is 0 Å². The lowest BCUT2D eigenvalue weighted by atomic mass is 9.33. The molecule has 8 heteroatoms. The molecule has 1 aliphatic heterocycles. The highest BCUT2D eigenvalue weighted by molar-refractivity contribution is 6.72. The Kier molecular flexibility index (Phi) is 3.06. The SMILES string of the molecule is BC1(B)Cc2ccc(OC)c(C(=O)O)c2OB1O. The number of hydrogen-bond donors (Lipinski definition) is 2. The summed E-state index contributed by atoms with van der Waals surface area (Å²) in [4.78, 5) is 11.3. The molecule has 2 rings (SSSR count). The summed E-state index contributed by atoms with van der Waals surface area (Å²) in [6.45, 7) is 0. The summed E-state index contributed by atoms with van der Waals surface area (Å²) in [5.74, 6) is -0.697. The van der Waals surface area contributed by atoms with Gasteiger partial charge in [0.15, 0.2) is 0 Å². The summed E-state index contributed by atoms with van der Waals surface area (Å²) < 4.78 is 10.4. The standard InChI is InChI=1S/C10H13B3O5/c1-17-6-3-2-5-4-10(11,12)13(16)18-8(5)7(6)9(14)15/h2-3,16H,4,11-12H2,1H3,(H,14,15). The molecule has 0 bridgehead atoms. The normalized spacial score (nSPS) is 16.7. The monoisotopic (exact) mass is 246 g/mol. The Bertz CT molecular complexity index is 503. The van der Waals surface area contributed by atoms with Crippen LogP contribution in [0.3, 0.4) is 0 Å². The molecular weight excluding hydrogens is 233 g/mol. The Hall–Kier alpha value is -1.56. The van der Waals surface area contributed by atoms with Gasteiger partial charge in [0, 0.05) is 0 Å². The highest BCUT2D eigenvalue weighted by atomic mass is 16.5. The zero-order valence-electron chi connectivity index (χ0n) is 10.6. The van der Waals surface area contributed by atoms with Crippen LogP contribution in [-0.4, -0.2) is 46.0 Å². The highest BCUT2D eigenvalue weighted by Crippen LogP contribution is 2.41. The third kappa shape index (κ3) is 1.97. The zero-order valence-corrected chi connectivity index (χ0v) is 10.6. The molecule has 0 spiro atoms. The van der Waals surface area contributed by atoms with Crippen LogP contribution in [0.1, 0.15) is 15.9 Å². The van der Waals surface area contributed by atoms with Crippen LogP contribution in [0.15, 0.2) is 12.1 Å². The van der Waals surface area contributed by atoms with Crippen LogP contribution < -0.4 is 9.39 Å². The predicted octanol–water partition coefficient (Wildman–Crippen LogP) is -1.27. The summed E-state index contributed by atoms with van der Waals surface area (Å²) in [5, 5.41) is 18.7. The lowest BCUT2D eigenvalue weighted by molar-refractivity contribution is 0.0690. The zero-order chi connectivity index (χ0) is 13.5. The number of fused-ring (bicyclic) bond motifs is 1. The van der Waals surface area contributed by atoms with Crippen LogP contribution in [0, 0.1) is 0 Å². The van der Waals surface area contributed by atoms with Gasteiger partial charge in [-0.05, 0) is 23.2 Å². The van der Waals surface area contributed by atoms with Gasteiger partial charge in [0.1, 0.15) is 17.1 Å². The number of aromatic carboxylic acids is 1. The third-order valence-corrected chi connectivity index (χ3v) is 3.18. The Morgan fingerprint density at radius 2 is 2.22 bits per heavy atom. The van der Waals surface area contributed by atoms with E-state index in [1.807, 2.05) is 15.7 Å². The van der Waals surface area contributed by atoms with Crippen molar-refractivity contribution in [3.8, 4) is 11.5 Å². The molecule has 1 heterocycles. The summed E-state index contributed by atoms with van der Waals surface area (Å²) in [6.07, 6.45) is 0.549. The molecule has 0 aromatic heterocycles. The number of methoxy groups -OCH3 is 1. The van der Waals surface area contributed by atoms with Crippen LogP contribution in [-0.2, 0) is 6.42 Å². The van der Waals surface area contributed by atoms with Gasteiger partial charge in [-0.25, -0.2) is 4.79 Å². The van der Waals surface area contributed by atoms with Crippen molar-refractivity contribution >= 4 is 28.8 Å². The molecule has 0 amide bonds. The summed E-state index contributed by atoms with van der Waals surface area (Å²) >= 11 is 0.